The van der Waals surface area contributed by atoms with Gasteiger partial charge in [-0.3, -0.25) is 14.0 Å². The Morgan fingerprint density at radius 1 is 1.12 bits per heavy atom. The van der Waals surface area contributed by atoms with E-state index in [1.54, 1.807) is 12.1 Å². The maximum absolute atomic E-state index is 14.1. The van der Waals surface area contributed by atoms with E-state index < -0.39 is 50.3 Å². The summed E-state index contributed by atoms with van der Waals surface area (Å²) in [6.07, 6.45) is 10.7. The first-order chi connectivity index (χ1) is 25.0. The van der Waals surface area contributed by atoms with Gasteiger partial charge in [-0.1, -0.05) is 77.6 Å². The molecule has 3 heterocycles. The number of rotatable bonds is 23. The number of benzene rings is 1. The number of hydrogen-bond donors (Lipinski definition) is 4. The zero-order chi connectivity index (χ0) is 37.6. The second-order valence-electron chi connectivity index (χ2n) is 13.3. The molecule has 5 N–H and O–H groups in total. The van der Waals surface area contributed by atoms with Gasteiger partial charge in [0.1, 0.15) is 36.0 Å². The minimum Gasteiger partial charge on any atom is -0.387 e. The van der Waals surface area contributed by atoms with Crippen molar-refractivity contribution in [3.8, 4) is 6.07 Å². The highest BCUT2D eigenvalue weighted by molar-refractivity contribution is 7.47. The molecule has 1 saturated heterocycles. The topological polar surface area (TPSA) is 207 Å². The van der Waals surface area contributed by atoms with Crippen molar-refractivity contribution in [1.29, 1.82) is 5.26 Å². The summed E-state index contributed by atoms with van der Waals surface area (Å²) in [5.74, 6) is -0.370. The minimum atomic E-state index is -4.78. The predicted octanol–water partition coefficient (Wildman–Crippen LogP) is 5.97. The van der Waals surface area contributed by atoms with Gasteiger partial charge in [-0.05, 0) is 42.3 Å². The molecule has 14 nitrogen and oxygen atoms in total. The van der Waals surface area contributed by atoms with E-state index in [4.69, 9.17) is 24.3 Å². The van der Waals surface area contributed by atoms with Gasteiger partial charge in [-0.2, -0.15) is 10.4 Å². The van der Waals surface area contributed by atoms with Crippen LogP contribution in [0.4, 0.5) is 10.2 Å². The normalized spacial score (nSPS) is 22.2. The number of halogens is 1. The third-order valence-corrected chi connectivity index (χ3v) is 10.1. The SMILES string of the molecule is CCCCCCCCCCCCC[C@@H](COP(=O)(O)OC[C@@]1(C=NC)O[C@@H](c2ccc3c(N)ncnn23)[C@H](O)[C@@H]1O)OCc1cc(F)cc(C#N)c1. The van der Waals surface area contributed by atoms with Crippen LogP contribution in [-0.4, -0.2) is 80.1 Å². The standard InChI is InChI=1S/C36H52FN6O8P/c1-3-4-5-6-7-8-9-10-11-12-13-14-29(48-21-27-17-26(20-38)18-28(37)19-27)22-49-52(46,47)50-24-36(23-40-2)34(45)32(44)33(51-36)30-15-16-31-35(39)41-25-42-43(30)31/h15-19,23,25,29,32-34,44-45H,3-14,21-22,24H2,1-2H3,(H,46,47)(H2,39,41,42)/t29-,32-,33-,34-,36+/m0/s1. The van der Waals surface area contributed by atoms with Gasteiger partial charge in [0.15, 0.2) is 11.4 Å². The fraction of sp³-hybridized carbons (Fsp3) is 0.611. The Labute approximate surface area is 304 Å². The van der Waals surface area contributed by atoms with E-state index in [1.165, 1.54) is 81.2 Å². The van der Waals surface area contributed by atoms with Crippen LogP contribution in [0.3, 0.4) is 0 Å². The van der Waals surface area contributed by atoms with Crippen molar-refractivity contribution < 1.29 is 42.6 Å². The summed E-state index contributed by atoms with van der Waals surface area (Å²) in [7, 11) is -3.36. The number of nitrogen functional groups attached to an aromatic ring is 1. The molecule has 1 aliphatic rings. The number of ether oxygens (including phenoxy) is 2. The lowest BCUT2D eigenvalue weighted by atomic mass is 9.96. The average molecular weight is 747 g/mol. The lowest BCUT2D eigenvalue weighted by Crippen LogP contribution is -2.48. The van der Waals surface area contributed by atoms with Crippen LogP contribution < -0.4 is 5.73 Å². The molecule has 286 valence electrons. The summed E-state index contributed by atoms with van der Waals surface area (Å²) in [6, 6.07) is 9.08. The van der Waals surface area contributed by atoms with Crippen molar-refractivity contribution in [2.75, 3.05) is 26.0 Å². The molecular formula is C36H52FN6O8P. The van der Waals surface area contributed by atoms with Crippen molar-refractivity contribution in [1.82, 2.24) is 14.6 Å². The molecule has 1 aliphatic heterocycles. The van der Waals surface area contributed by atoms with Crippen molar-refractivity contribution in [2.24, 2.45) is 4.99 Å². The number of anilines is 1. The molecule has 0 spiro atoms. The van der Waals surface area contributed by atoms with Gasteiger partial charge in [0.2, 0.25) is 0 Å². The highest BCUT2D eigenvalue weighted by Gasteiger charge is 2.55. The fourth-order valence-electron chi connectivity index (χ4n) is 6.40. The number of unbranched alkanes of at least 4 members (excludes halogenated alkanes) is 10. The number of phosphoric acid groups is 1. The lowest BCUT2D eigenvalue weighted by Gasteiger charge is -2.28. The summed E-state index contributed by atoms with van der Waals surface area (Å²) in [6.45, 7) is 1.14. The van der Waals surface area contributed by atoms with Crippen LogP contribution in [0.5, 0.6) is 0 Å². The monoisotopic (exact) mass is 746 g/mol. The second-order valence-corrected chi connectivity index (χ2v) is 14.7. The third-order valence-electron chi connectivity index (χ3n) is 9.21. The van der Waals surface area contributed by atoms with Crippen LogP contribution in [0.1, 0.15) is 107 Å². The van der Waals surface area contributed by atoms with E-state index in [-0.39, 0.29) is 24.6 Å². The summed E-state index contributed by atoms with van der Waals surface area (Å²) >= 11 is 0. The zero-order valence-electron chi connectivity index (χ0n) is 30.0. The summed E-state index contributed by atoms with van der Waals surface area (Å²) < 4.78 is 51.5. The van der Waals surface area contributed by atoms with E-state index >= 15 is 0 Å². The molecule has 2 aromatic heterocycles. The number of hydrogen-bond acceptors (Lipinski definition) is 12. The molecule has 3 aromatic rings. The van der Waals surface area contributed by atoms with Gasteiger partial charge < -0.3 is 30.3 Å². The molecule has 16 heteroatoms. The van der Waals surface area contributed by atoms with E-state index in [9.17, 15) is 29.3 Å². The van der Waals surface area contributed by atoms with Crippen molar-refractivity contribution in [2.45, 2.75) is 121 Å². The molecule has 0 aliphatic carbocycles. The third kappa shape index (κ3) is 11.6. The second kappa shape index (κ2) is 20.2. The Morgan fingerprint density at radius 3 is 2.48 bits per heavy atom. The summed E-state index contributed by atoms with van der Waals surface area (Å²) in [5.41, 5.74) is 5.52. The van der Waals surface area contributed by atoms with E-state index in [2.05, 4.69) is 22.0 Å². The van der Waals surface area contributed by atoms with E-state index in [1.807, 2.05) is 6.07 Å². The maximum atomic E-state index is 14.1. The Balaban J connectivity index is 1.35. The van der Waals surface area contributed by atoms with Crippen molar-refractivity contribution >= 4 is 25.4 Å². The number of fused-ring (bicyclic) bond motifs is 1. The first-order valence-corrected chi connectivity index (χ1v) is 19.5. The molecule has 52 heavy (non-hydrogen) atoms. The Kier molecular flexibility index (Phi) is 16.1. The number of aliphatic hydroxyl groups excluding tert-OH is 2. The molecule has 1 unspecified atom stereocenters. The fourth-order valence-corrected chi connectivity index (χ4v) is 7.19. The molecule has 1 aromatic carbocycles. The number of nitrogens with two attached hydrogens (primary N) is 1. The van der Waals surface area contributed by atoms with Crippen LogP contribution in [0.2, 0.25) is 0 Å². The highest BCUT2D eigenvalue weighted by atomic mass is 31.2. The molecular weight excluding hydrogens is 694 g/mol. The number of aliphatic hydroxyl groups is 2. The van der Waals surface area contributed by atoms with Crippen LogP contribution in [0.25, 0.3) is 5.52 Å². The van der Waals surface area contributed by atoms with Gasteiger partial charge in [-0.25, -0.2) is 18.5 Å². The summed E-state index contributed by atoms with van der Waals surface area (Å²) in [4.78, 5) is 18.6. The molecule has 4 rings (SSSR count). The largest absolute Gasteiger partial charge is 0.472 e. The maximum Gasteiger partial charge on any atom is 0.472 e. The first-order valence-electron chi connectivity index (χ1n) is 18.0. The van der Waals surface area contributed by atoms with Gasteiger partial charge in [-0.15, -0.1) is 0 Å². The minimum absolute atomic E-state index is 0.0462. The molecule has 0 radical (unpaired) electrons. The number of nitriles is 1. The van der Waals surface area contributed by atoms with Gasteiger partial charge in [0.05, 0.1) is 43.3 Å². The van der Waals surface area contributed by atoms with Crippen LogP contribution >= 0.6 is 7.82 Å². The Morgan fingerprint density at radius 2 is 1.81 bits per heavy atom. The van der Waals surface area contributed by atoms with Gasteiger partial charge >= 0.3 is 7.82 Å². The predicted molar refractivity (Wildman–Crippen MR) is 193 cm³/mol. The molecule has 0 saturated carbocycles. The van der Waals surface area contributed by atoms with Crippen molar-refractivity contribution in [3.63, 3.8) is 0 Å². The molecule has 6 atom stereocenters. The number of phosphoric ester groups is 1. The number of nitrogens with zero attached hydrogens (tertiary/aromatic N) is 5. The van der Waals surface area contributed by atoms with Crippen molar-refractivity contribution in [3.05, 3.63) is 59.3 Å². The van der Waals surface area contributed by atoms with Crippen LogP contribution in [0, 0.1) is 17.1 Å². The number of aromatic nitrogens is 3. The lowest BCUT2D eigenvalue weighted by molar-refractivity contribution is -0.0655. The van der Waals surface area contributed by atoms with Gasteiger partial charge in [0.25, 0.3) is 0 Å². The molecule has 1 fully saturated rings. The Hall–Kier alpha value is -3.32. The smallest absolute Gasteiger partial charge is 0.387 e. The molecule has 0 bridgehead atoms. The van der Waals surface area contributed by atoms with Crippen LogP contribution in [0.15, 0.2) is 41.7 Å². The number of aliphatic imine (C=N–C) groups is 1. The van der Waals surface area contributed by atoms with Gasteiger partial charge in [0, 0.05) is 13.3 Å². The first kappa shape index (κ1) is 41.4. The van der Waals surface area contributed by atoms with E-state index in [0.29, 0.717) is 23.2 Å². The van der Waals surface area contributed by atoms with E-state index in [0.717, 1.165) is 31.7 Å². The summed E-state index contributed by atoms with van der Waals surface area (Å²) in [5, 5.41) is 35.5. The quantitative estimate of drug-likeness (QED) is 0.0503. The zero-order valence-corrected chi connectivity index (χ0v) is 30.9. The Bertz CT molecular complexity index is 1690. The molecule has 0 amide bonds. The van der Waals surface area contributed by atoms with Crippen LogP contribution in [-0.2, 0) is 29.7 Å². The highest BCUT2D eigenvalue weighted by Crippen LogP contribution is 2.47. The average Bonchev–Trinajstić information content (AvgIpc) is 3.66.